The van der Waals surface area contributed by atoms with Crippen molar-refractivity contribution in [1.82, 2.24) is 4.57 Å². The number of hydrogen-bond acceptors (Lipinski definition) is 7. The second-order valence-electron chi connectivity index (χ2n) is 7.45. The molecule has 0 amide bonds. The maximum Gasteiger partial charge on any atom is 0.338 e. The molecule has 34 heavy (non-hydrogen) atoms. The molecule has 0 fully saturated rings. The highest BCUT2D eigenvalue weighted by molar-refractivity contribution is 7.07. The maximum atomic E-state index is 13.4. The number of nitro benzene ring substituents is 1. The lowest BCUT2D eigenvalue weighted by Crippen LogP contribution is -2.39. The van der Waals surface area contributed by atoms with Gasteiger partial charge in [-0.25, -0.2) is 9.79 Å². The monoisotopic (exact) mass is 475 g/mol. The molecule has 1 aliphatic rings. The Bertz CT molecular complexity index is 1500. The van der Waals surface area contributed by atoms with Gasteiger partial charge in [0, 0.05) is 12.1 Å². The number of rotatable bonds is 6. The van der Waals surface area contributed by atoms with Crippen LogP contribution >= 0.6 is 11.3 Å². The van der Waals surface area contributed by atoms with Gasteiger partial charge in [-0.1, -0.05) is 66.0 Å². The summed E-state index contributed by atoms with van der Waals surface area (Å²) in [6.07, 6.45) is 5.36. The smallest absolute Gasteiger partial charge is 0.338 e. The summed E-state index contributed by atoms with van der Waals surface area (Å²) in [6.45, 7) is 3.50. The third kappa shape index (κ3) is 4.51. The summed E-state index contributed by atoms with van der Waals surface area (Å²) >= 11 is 1.19. The number of aromatic nitrogens is 1. The van der Waals surface area contributed by atoms with E-state index in [9.17, 15) is 19.7 Å². The number of nitro groups is 1. The van der Waals surface area contributed by atoms with Crippen molar-refractivity contribution in [2.24, 2.45) is 4.99 Å². The van der Waals surface area contributed by atoms with Gasteiger partial charge < -0.3 is 4.74 Å². The number of allylic oxidation sites excluding steroid dienone is 2. The molecule has 1 aliphatic heterocycles. The van der Waals surface area contributed by atoms with Gasteiger partial charge in [-0.05, 0) is 31.1 Å². The second kappa shape index (κ2) is 9.80. The van der Waals surface area contributed by atoms with Crippen LogP contribution in [0.4, 0.5) is 5.69 Å². The highest BCUT2D eigenvalue weighted by Gasteiger charge is 2.33. The Labute approximate surface area is 198 Å². The number of non-ortho nitro benzene ring substituents is 1. The summed E-state index contributed by atoms with van der Waals surface area (Å²) in [5.74, 6) is -0.612. The molecule has 1 atom stereocenters. The van der Waals surface area contributed by atoms with E-state index in [0.29, 0.717) is 20.6 Å². The number of fused-ring (bicyclic) bond motifs is 1. The lowest BCUT2D eigenvalue weighted by atomic mass is 9.95. The van der Waals surface area contributed by atoms with Gasteiger partial charge in [0.25, 0.3) is 11.2 Å². The summed E-state index contributed by atoms with van der Waals surface area (Å²) in [6, 6.07) is 14.7. The Morgan fingerprint density at radius 3 is 2.71 bits per heavy atom. The van der Waals surface area contributed by atoms with Gasteiger partial charge in [-0.15, -0.1) is 0 Å². The Balaban J connectivity index is 1.89. The number of thiazole rings is 1. The van der Waals surface area contributed by atoms with Gasteiger partial charge in [-0.2, -0.15) is 0 Å². The molecule has 1 aromatic heterocycles. The first-order chi connectivity index (χ1) is 16.4. The van der Waals surface area contributed by atoms with Crippen molar-refractivity contribution in [2.45, 2.75) is 19.9 Å². The van der Waals surface area contributed by atoms with Crippen molar-refractivity contribution in [3.05, 3.63) is 113 Å². The minimum atomic E-state index is -0.893. The molecule has 0 unspecified atom stereocenters. The summed E-state index contributed by atoms with van der Waals surface area (Å²) in [5.41, 5.74) is 1.53. The Kier molecular flexibility index (Phi) is 6.65. The molecular weight excluding hydrogens is 454 g/mol. The summed E-state index contributed by atoms with van der Waals surface area (Å²) in [7, 11) is 0. The second-order valence-corrected chi connectivity index (χ2v) is 8.46. The number of nitrogens with zero attached hydrogens (tertiary/aromatic N) is 3. The number of carbonyl (C=O) groups is 1. The number of carbonyl (C=O) groups excluding carboxylic acids is 1. The quantitative estimate of drug-likeness (QED) is 0.309. The number of ether oxygens (including phenoxy) is 1. The van der Waals surface area contributed by atoms with Crippen LogP contribution in [0.5, 0.6) is 0 Å². The number of esters is 1. The van der Waals surface area contributed by atoms with E-state index < -0.39 is 16.9 Å². The molecule has 0 spiro atoms. The van der Waals surface area contributed by atoms with Crippen LogP contribution in [-0.2, 0) is 9.53 Å². The largest absolute Gasteiger partial charge is 0.463 e. The van der Waals surface area contributed by atoms with E-state index >= 15 is 0 Å². The highest BCUT2D eigenvalue weighted by Crippen LogP contribution is 2.32. The van der Waals surface area contributed by atoms with Crippen LogP contribution in [-0.4, -0.2) is 22.1 Å². The third-order valence-corrected chi connectivity index (χ3v) is 6.25. The first kappa shape index (κ1) is 23.1. The molecule has 4 rings (SSSR count). The van der Waals surface area contributed by atoms with Crippen LogP contribution in [0.25, 0.3) is 12.2 Å². The van der Waals surface area contributed by atoms with E-state index in [1.54, 1.807) is 32.1 Å². The van der Waals surface area contributed by atoms with E-state index in [0.717, 1.165) is 5.56 Å². The molecule has 0 saturated carbocycles. The molecule has 0 bridgehead atoms. The third-order valence-electron chi connectivity index (χ3n) is 5.25. The molecule has 9 heteroatoms. The first-order valence-corrected chi connectivity index (χ1v) is 11.4. The van der Waals surface area contributed by atoms with Crippen molar-refractivity contribution in [1.29, 1.82) is 0 Å². The molecule has 0 aliphatic carbocycles. The zero-order valence-corrected chi connectivity index (χ0v) is 19.3. The molecule has 0 saturated heterocycles. The van der Waals surface area contributed by atoms with Crippen LogP contribution in [0.2, 0.25) is 0 Å². The molecule has 0 N–H and O–H groups in total. The maximum absolute atomic E-state index is 13.4. The minimum Gasteiger partial charge on any atom is -0.463 e. The van der Waals surface area contributed by atoms with Crippen LogP contribution in [0.3, 0.4) is 0 Å². The van der Waals surface area contributed by atoms with E-state index in [-0.39, 0.29) is 23.4 Å². The van der Waals surface area contributed by atoms with Crippen LogP contribution < -0.4 is 14.9 Å². The van der Waals surface area contributed by atoms with Crippen molar-refractivity contribution in [3.8, 4) is 0 Å². The fraction of sp³-hybridized carbons (Fsp3) is 0.160. The standard InChI is InChI=1S/C25H21N3O5S/c1-3-33-24(30)21-16(2)26-25-27(22(21)18-12-8-13-19(15-18)28(31)32)23(29)20(34-25)14-7-11-17-9-5-4-6-10-17/h4-15,22H,3H2,1-2H3/b11-7+,20-14-/t22-/m1/s1. The molecule has 8 nitrogen and oxygen atoms in total. The Morgan fingerprint density at radius 1 is 1.24 bits per heavy atom. The van der Waals surface area contributed by atoms with Crippen molar-refractivity contribution in [2.75, 3.05) is 6.61 Å². The van der Waals surface area contributed by atoms with Gasteiger partial charge >= 0.3 is 5.97 Å². The average Bonchev–Trinajstić information content (AvgIpc) is 3.13. The Hall–Kier alpha value is -4.11. The Morgan fingerprint density at radius 2 is 2.00 bits per heavy atom. The van der Waals surface area contributed by atoms with E-state index in [2.05, 4.69) is 4.99 Å². The predicted molar refractivity (Wildman–Crippen MR) is 130 cm³/mol. The molecular formula is C25H21N3O5S. The topological polar surface area (TPSA) is 104 Å². The van der Waals surface area contributed by atoms with E-state index in [1.165, 1.54) is 34.1 Å². The van der Waals surface area contributed by atoms with Gasteiger partial charge in [0.05, 0.1) is 33.4 Å². The normalized spacial score (nSPS) is 15.8. The zero-order valence-electron chi connectivity index (χ0n) is 18.5. The highest BCUT2D eigenvalue weighted by atomic mass is 32.1. The van der Waals surface area contributed by atoms with Crippen molar-refractivity contribution < 1.29 is 14.5 Å². The molecule has 2 heterocycles. The van der Waals surface area contributed by atoms with Gasteiger partial charge in [0.1, 0.15) is 0 Å². The summed E-state index contributed by atoms with van der Waals surface area (Å²) < 4.78 is 7.07. The summed E-state index contributed by atoms with van der Waals surface area (Å²) in [4.78, 5) is 42.1. The predicted octanol–water partition coefficient (Wildman–Crippen LogP) is 3.37. The average molecular weight is 476 g/mol. The minimum absolute atomic E-state index is 0.136. The zero-order chi connectivity index (χ0) is 24.2. The molecule has 3 aromatic rings. The first-order valence-electron chi connectivity index (χ1n) is 10.6. The number of hydrogen-bond donors (Lipinski definition) is 0. The lowest BCUT2D eigenvalue weighted by Gasteiger charge is -2.24. The van der Waals surface area contributed by atoms with Gasteiger partial charge in [0.2, 0.25) is 0 Å². The van der Waals surface area contributed by atoms with Crippen molar-refractivity contribution >= 4 is 35.1 Å². The van der Waals surface area contributed by atoms with Crippen LogP contribution in [0.1, 0.15) is 31.0 Å². The van der Waals surface area contributed by atoms with Crippen molar-refractivity contribution in [3.63, 3.8) is 0 Å². The molecule has 0 radical (unpaired) electrons. The lowest BCUT2D eigenvalue weighted by molar-refractivity contribution is -0.384. The van der Waals surface area contributed by atoms with Gasteiger partial charge in [-0.3, -0.25) is 19.5 Å². The fourth-order valence-electron chi connectivity index (χ4n) is 3.74. The van der Waals surface area contributed by atoms with Crippen LogP contribution in [0.15, 0.2) is 81.7 Å². The SMILES string of the molecule is CCOC(=O)C1=C(C)N=c2s/c(=C\C=C\c3ccccc3)c(=O)n2[C@@H]1c1cccc([N+](=O)[O-])c1. The van der Waals surface area contributed by atoms with Crippen LogP contribution in [0, 0.1) is 10.1 Å². The van der Waals surface area contributed by atoms with E-state index in [4.69, 9.17) is 4.74 Å². The number of benzene rings is 2. The molecule has 172 valence electrons. The molecule has 2 aromatic carbocycles. The van der Waals surface area contributed by atoms with E-state index in [1.807, 2.05) is 36.4 Å². The van der Waals surface area contributed by atoms with Gasteiger partial charge in [0.15, 0.2) is 4.80 Å². The fourth-order valence-corrected chi connectivity index (χ4v) is 4.74. The summed E-state index contributed by atoms with van der Waals surface area (Å²) in [5, 5.41) is 11.4.